The molecule has 0 N–H and O–H groups in total. The summed E-state index contributed by atoms with van der Waals surface area (Å²) in [6.07, 6.45) is 0.199. The average Bonchev–Trinajstić information content (AvgIpc) is 2.36. The Morgan fingerprint density at radius 3 is 1.90 bits per heavy atom. The lowest BCUT2D eigenvalue weighted by atomic mass is 9.62. The standard InChI is InChI=1S/C16H19FN2O/c1-15-7-18-9-16(2,14(15)20)10-19(8-15)13(18)11-3-5-12(17)6-4-11/h3-6,13H,7-10H2,1-2H3. The number of carbonyl (C=O) groups excluding carboxylic acids is 1. The largest absolute Gasteiger partial charge is 0.298 e. The first-order valence-electron chi connectivity index (χ1n) is 7.20. The van der Waals surface area contributed by atoms with Gasteiger partial charge in [0.1, 0.15) is 11.6 Å². The number of carbonyl (C=O) groups is 1. The second-order valence-corrected chi connectivity index (χ2v) is 7.19. The monoisotopic (exact) mass is 274 g/mol. The fourth-order valence-corrected chi connectivity index (χ4v) is 4.65. The SMILES string of the molecule is CC12CN3CC(C)(CN(C1)C3c1ccc(F)cc1)C2=O. The van der Waals surface area contributed by atoms with Crippen molar-refractivity contribution in [3.63, 3.8) is 0 Å². The Bertz CT molecular complexity index is 543. The van der Waals surface area contributed by atoms with Gasteiger partial charge in [-0.05, 0) is 17.7 Å². The van der Waals surface area contributed by atoms with E-state index in [9.17, 15) is 9.18 Å². The summed E-state index contributed by atoms with van der Waals surface area (Å²) < 4.78 is 13.1. The number of rotatable bonds is 1. The van der Waals surface area contributed by atoms with E-state index in [0.29, 0.717) is 5.78 Å². The highest BCUT2D eigenvalue weighted by molar-refractivity contribution is 5.92. The fourth-order valence-electron chi connectivity index (χ4n) is 4.65. The maximum Gasteiger partial charge on any atom is 0.149 e. The molecule has 4 bridgehead atoms. The molecule has 4 aliphatic heterocycles. The number of hydrogen-bond donors (Lipinski definition) is 0. The second-order valence-electron chi connectivity index (χ2n) is 7.19. The minimum absolute atomic E-state index is 0.198. The van der Waals surface area contributed by atoms with Crippen molar-refractivity contribution in [2.45, 2.75) is 20.0 Å². The Labute approximate surface area is 118 Å². The highest BCUT2D eigenvalue weighted by Gasteiger charge is 2.61. The molecule has 4 heteroatoms. The lowest BCUT2D eigenvalue weighted by Gasteiger charge is -2.64. The summed E-state index contributed by atoms with van der Waals surface area (Å²) >= 11 is 0. The second kappa shape index (κ2) is 3.68. The van der Waals surface area contributed by atoms with Crippen LogP contribution < -0.4 is 0 Å². The Morgan fingerprint density at radius 1 is 1.00 bits per heavy atom. The van der Waals surface area contributed by atoms with Crippen molar-refractivity contribution in [2.75, 3.05) is 26.2 Å². The highest BCUT2D eigenvalue weighted by atomic mass is 19.1. The molecular weight excluding hydrogens is 255 g/mol. The third-order valence-corrected chi connectivity index (χ3v) is 5.16. The van der Waals surface area contributed by atoms with E-state index in [1.807, 2.05) is 12.1 Å². The summed E-state index contributed by atoms with van der Waals surface area (Å²) in [6, 6.07) is 6.79. The van der Waals surface area contributed by atoms with E-state index < -0.39 is 0 Å². The van der Waals surface area contributed by atoms with E-state index in [-0.39, 0.29) is 22.8 Å². The quantitative estimate of drug-likeness (QED) is 0.783. The molecule has 4 aliphatic rings. The first-order valence-corrected chi connectivity index (χ1v) is 7.20. The smallest absolute Gasteiger partial charge is 0.149 e. The number of benzene rings is 1. The van der Waals surface area contributed by atoms with Gasteiger partial charge in [-0.15, -0.1) is 0 Å². The van der Waals surface area contributed by atoms with Gasteiger partial charge >= 0.3 is 0 Å². The van der Waals surface area contributed by atoms with Crippen molar-refractivity contribution in [1.29, 1.82) is 0 Å². The van der Waals surface area contributed by atoms with Gasteiger partial charge in [0.25, 0.3) is 0 Å². The van der Waals surface area contributed by atoms with Crippen LogP contribution in [0.15, 0.2) is 24.3 Å². The molecule has 0 aromatic heterocycles. The molecule has 20 heavy (non-hydrogen) atoms. The van der Waals surface area contributed by atoms with Gasteiger partial charge in [-0.3, -0.25) is 14.6 Å². The van der Waals surface area contributed by atoms with Gasteiger partial charge < -0.3 is 0 Å². The summed E-state index contributed by atoms with van der Waals surface area (Å²) in [5.41, 5.74) is 0.661. The average molecular weight is 274 g/mol. The molecule has 0 saturated carbocycles. The number of ketones is 1. The van der Waals surface area contributed by atoms with Crippen LogP contribution >= 0.6 is 0 Å². The van der Waals surface area contributed by atoms with E-state index in [0.717, 1.165) is 31.7 Å². The number of piperidine rings is 2. The molecular formula is C16H19FN2O. The van der Waals surface area contributed by atoms with E-state index >= 15 is 0 Å². The normalized spacial score (nSPS) is 46.0. The van der Waals surface area contributed by atoms with E-state index in [1.54, 1.807) is 0 Å². The number of halogens is 1. The molecule has 4 heterocycles. The molecule has 1 aromatic carbocycles. The molecule has 0 spiro atoms. The third-order valence-electron chi connectivity index (χ3n) is 5.16. The van der Waals surface area contributed by atoms with Crippen LogP contribution in [0, 0.1) is 16.6 Å². The van der Waals surface area contributed by atoms with Gasteiger partial charge in [0, 0.05) is 26.2 Å². The van der Waals surface area contributed by atoms with Crippen molar-refractivity contribution in [3.8, 4) is 0 Å². The molecule has 106 valence electrons. The highest BCUT2D eigenvalue weighted by Crippen LogP contribution is 2.51. The number of nitrogens with zero attached hydrogens (tertiary/aromatic N) is 2. The molecule has 4 saturated heterocycles. The fraction of sp³-hybridized carbons (Fsp3) is 0.562. The molecule has 4 fully saturated rings. The van der Waals surface area contributed by atoms with Gasteiger partial charge in [-0.1, -0.05) is 26.0 Å². The summed E-state index contributed by atoms with van der Waals surface area (Å²) in [4.78, 5) is 17.4. The van der Waals surface area contributed by atoms with Gasteiger partial charge in [0.15, 0.2) is 0 Å². The first-order chi connectivity index (χ1) is 9.41. The molecule has 0 aliphatic carbocycles. The van der Waals surface area contributed by atoms with Crippen molar-refractivity contribution in [1.82, 2.24) is 9.80 Å². The molecule has 1 aromatic rings. The predicted molar refractivity (Wildman–Crippen MR) is 73.5 cm³/mol. The van der Waals surface area contributed by atoms with Gasteiger partial charge in [0.05, 0.1) is 17.0 Å². The van der Waals surface area contributed by atoms with Crippen LogP contribution in [-0.2, 0) is 4.79 Å². The molecule has 0 unspecified atom stereocenters. The van der Waals surface area contributed by atoms with Gasteiger partial charge in [-0.2, -0.15) is 0 Å². The topological polar surface area (TPSA) is 23.6 Å². The number of hydrogen-bond acceptors (Lipinski definition) is 3. The Balaban J connectivity index is 1.74. The maximum atomic E-state index is 13.1. The van der Waals surface area contributed by atoms with Crippen molar-refractivity contribution < 1.29 is 9.18 Å². The summed E-state index contributed by atoms with van der Waals surface area (Å²) in [5, 5.41) is 0. The Morgan fingerprint density at radius 2 is 1.45 bits per heavy atom. The van der Waals surface area contributed by atoms with Crippen LogP contribution in [0.2, 0.25) is 0 Å². The van der Waals surface area contributed by atoms with Crippen LogP contribution in [0.1, 0.15) is 25.6 Å². The Kier molecular flexibility index (Phi) is 2.30. The van der Waals surface area contributed by atoms with E-state index in [1.165, 1.54) is 12.1 Å². The van der Waals surface area contributed by atoms with Gasteiger partial charge in [0.2, 0.25) is 0 Å². The number of Topliss-reactive ketones (excluding diaryl/α,β-unsaturated/α-hetero) is 1. The lowest BCUT2D eigenvalue weighted by Crippen LogP contribution is -2.75. The summed E-state index contributed by atoms with van der Waals surface area (Å²) in [6.45, 7) is 7.46. The minimum atomic E-state index is -0.234. The zero-order valence-corrected chi connectivity index (χ0v) is 11.9. The summed E-state index contributed by atoms with van der Waals surface area (Å²) in [5.74, 6) is 0.228. The maximum absolute atomic E-state index is 13.1. The van der Waals surface area contributed by atoms with Gasteiger partial charge in [-0.25, -0.2) is 4.39 Å². The predicted octanol–water partition coefficient (Wildman–Crippen LogP) is 2.05. The van der Waals surface area contributed by atoms with Crippen molar-refractivity contribution in [2.24, 2.45) is 10.8 Å². The molecule has 0 atom stereocenters. The van der Waals surface area contributed by atoms with Crippen LogP contribution in [0.5, 0.6) is 0 Å². The third kappa shape index (κ3) is 1.49. The minimum Gasteiger partial charge on any atom is -0.298 e. The lowest BCUT2D eigenvalue weighted by molar-refractivity contribution is -0.197. The first kappa shape index (κ1) is 12.5. The van der Waals surface area contributed by atoms with Crippen molar-refractivity contribution >= 4 is 5.78 Å². The van der Waals surface area contributed by atoms with Crippen LogP contribution in [0.4, 0.5) is 4.39 Å². The van der Waals surface area contributed by atoms with Crippen LogP contribution in [-0.4, -0.2) is 41.8 Å². The molecule has 0 amide bonds. The molecule has 5 rings (SSSR count). The molecule has 3 nitrogen and oxygen atoms in total. The molecule has 0 radical (unpaired) electrons. The zero-order valence-electron chi connectivity index (χ0n) is 11.9. The van der Waals surface area contributed by atoms with E-state index in [2.05, 4.69) is 23.6 Å². The van der Waals surface area contributed by atoms with Crippen molar-refractivity contribution in [3.05, 3.63) is 35.6 Å². The zero-order chi connectivity index (χ0) is 14.1. The summed E-state index contributed by atoms with van der Waals surface area (Å²) in [7, 11) is 0. The Hall–Kier alpha value is -1.26. The van der Waals surface area contributed by atoms with Crippen LogP contribution in [0.3, 0.4) is 0 Å². The van der Waals surface area contributed by atoms with Crippen LogP contribution in [0.25, 0.3) is 0 Å². The van der Waals surface area contributed by atoms with E-state index in [4.69, 9.17) is 0 Å².